The summed E-state index contributed by atoms with van der Waals surface area (Å²) in [5.41, 5.74) is 1.51. The monoisotopic (exact) mass is 369 g/mol. The molecule has 0 saturated heterocycles. The number of halogens is 1. The molecule has 0 saturated carbocycles. The second-order valence-corrected chi connectivity index (χ2v) is 6.38. The number of aromatic nitrogens is 1. The van der Waals surface area contributed by atoms with Gasteiger partial charge in [-0.15, -0.1) is 0 Å². The summed E-state index contributed by atoms with van der Waals surface area (Å²) >= 11 is 6.28. The summed E-state index contributed by atoms with van der Waals surface area (Å²) < 4.78 is 0. The zero-order valence-corrected chi connectivity index (χ0v) is 15.0. The summed E-state index contributed by atoms with van der Waals surface area (Å²) in [6.45, 7) is -0.127. The number of nitrogens with zero attached hydrogens (tertiary/aromatic N) is 3. The van der Waals surface area contributed by atoms with Crippen molar-refractivity contribution in [3.05, 3.63) is 65.0 Å². The van der Waals surface area contributed by atoms with Crippen LogP contribution in [0.1, 0.15) is 15.9 Å². The van der Waals surface area contributed by atoms with Crippen molar-refractivity contribution in [2.24, 2.45) is 0 Å². The molecule has 0 fully saturated rings. The van der Waals surface area contributed by atoms with Crippen molar-refractivity contribution in [3.8, 4) is 0 Å². The quantitative estimate of drug-likeness (QED) is 0.613. The Bertz CT molecular complexity index is 923. The molecule has 2 amide bonds. The van der Waals surface area contributed by atoms with Gasteiger partial charge in [0.15, 0.2) is 5.78 Å². The summed E-state index contributed by atoms with van der Waals surface area (Å²) in [7, 11) is 3.23. The Kier molecular flexibility index (Phi) is 4.86. The van der Waals surface area contributed by atoms with Crippen LogP contribution in [0.25, 0.3) is 5.57 Å². The van der Waals surface area contributed by atoms with Gasteiger partial charge in [-0.3, -0.25) is 24.3 Å². The van der Waals surface area contributed by atoms with Crippen molar-refractivity contribution >= 4 is 40.5 Å². The molecule has 0 atom stereocenters. The lowest BCUT2D eigenvalue weighted by molar-refractivity contribution is -0.128. The molecule has 1 aromatic carbocycles. The van der Waals surface area contributed by atoms with Crippen molar-refractivity contribution in [1.29, 1.82) is 0 Å². The van der Waals surface area contributed by atoms with Crippen LogP contribution in [0.5, 0.6) is 0 Å². The number of ketones is 1. The number of allylic oxidation sites excluding steroid dienone is 1. The normalized spacial score (nSPS) is 14.5. The van der Waals surface area contributed by atoms with Crippen LogP contribution >= 0.6 is 11.6 Å². The maximum atomic E-state index is 12.9. The van der Waals surface area contributed by atoms with Gasteiger partial charge in [-0.05, 0) is 30.3 Å². The molecule has 2 heterocycles. The number of anilines is 1. The van der Waals surface area contributed by atoms with Crippen LogP contribution in [0.15, 0.2) is 48.8 Å². The fourth-order valence-electron chi connectivity index (χ4n) is 2.66. The van der Waals surface area contributed by atoms with Crippen molar-refractivity contribution in [1.82, 2.24) is 9.88 Å². The van der Waals surface area contributed by atoms with E-state index in [0.29, 0.717) is 21.8 Å². The molecule has 0 unspecified atom stereocenters. The first kappa shape index (κ1) is 17.8. The molecule has 1 aliphatic heterocycles. The molecule has 0 N–H and O–H groups in total. The predicted octanol–water partition coefficient (Wildman–Crippen LogP) is 2.44. The number of pyridine rings is 1. The number of hydrogen-bond donors (Lipinski definition) is 0. The summed E-state index contributed by atoms with van der Waals surface area (Å²) in [5, 5.41) is 0.348. The van der Waals surface area contributed by atoms with Crippen molar-refractivity contribution in [2.75, 3.05) is 25.5 Å². The zero-order chi connectivity index (χ0) is 18.8. The van der Waals surface area contributed by atoms with E-state index in [1.807, 2.05) is 0 Å². The van der Waals surface area contributed by atoms with E-state index in [1.54, 1.807) is 50.6 Å². The summed E-state index contributed by atoms with van der Waals surface area (Å²) in [6, 6.07) is 8.32. The fraction of sp³-hybridized carbons (Fsp3) is 0.158. The molecule has 0 radical (unpaired) electrons. The summed E-state index contributed by atoms with van der Waals surface area (Å²) in [5.74, 6) is -1.02. The van der Waals surface area contributed by atoms with Crippen LogP contribution in [0.2, 0.25) is 5.02 Å². The van der Waals surface area contributed by atoms with Gasteiger partial charge in [-0.2, -0.15) is 0 Å². The molecule has 2 aromatic rings. The third kappa shape index (κ3) is 3.23. The minimum Gasteiger partial charge on any atom is -0.347 e. The number of hydrogen-bond acceptors (Lipinski definition) is 4. The molecule has 6 nitrogen and oxygen atoms in total. The molecule has 3 rings (SSSR count). The van der Waals surface area contributed by atoms with Gasteiger partial charge in [0.25, 0.3) is 5.91 Å². The Labute approximate surface area is 155 Å². The van der Waals surface area contributed by atoms with E-state index in [9.17, 15) is 14.4 Å². The number of carbonyl (C=O) groups excluding carboxylic acids is 3. The Balaban J connectivity index is 2.05. The van der Waals surface area contributed by atoms with Gasteiger partial charge >= 0.3 is 0 Å². The first-order chi connectivity index (χ1) is 12.4. The smallest absolute Gasteiger partial charge is 0.259 e. The molecule has 1 aromatic heterocycles. The number of amides is 2. The minimum absolute atomic E-state index is 0.127. The molecule has 0 aliphatic carbocycles. The highest BCUT2D eigenvalue weighted by Crippen LogP contribution is 2.41. The van der Waals surface area contributed by atoms with E-state index in [1.165, 1.54) is 22.1 Å². The zero-order valence-electron chi connectivity index (χ0n) is 14.3. The Hall–Kier alpha value is -2.99. The molecule has 0 bridgehead atoms. The average molecular weight is 370 g/mol. The number of likely N-dealkylation sites (N-methyl/N-ethyl adjacent to an activating group) is 1. The SMILES string of the molecule is CN(C)C(=O)CN1C(=O)C(=CC(=O)c2cccnc2)c2c(Cl)cccc21. The van der Waals surface area contributed by atoms with E-state index in [0.717, 1.165) is 0 Å². The summed E-state index contributed by atoms with van der Waals surface area (Å²) in [4.78, 5) is 44.1. The van der Waals surface area contributed by atoms with Crippen LogP contribution in [0.4, 0.5) is 5.69 Å². The van der Waals surface area contributed by atoms with Crippen molar-refractivity contribution < 1.29 is 14.4 Å². The van der Waals surface area contributed by atoms with Gasteiger partial charge in [0.1, 0.15) is 6.54 Å². The first-order valence-corrected chi connectivity index (χ1v) is 8.25. The average Bonchev–Trinajstić information content (AvgIpc) is 2.89. The van der Waals surface area contributed by atoms with E-state index in [4.69, 9.17) is 11.6 Å². The van der Waals surface area contributed by atoms with Crippen LogP contribution in [-0.4, -0.2) is 48.1 Å². The standard InChI is InChI=1S/C19H16ClN3O3/c1-22(2)17(25)11-23-15-7-3-6-14(20)18(15)13(19(23)26)9-16(24)12-5-4-8-21-10-12/h3-10H,11H2,1-2H3. The largest absolute Gasteiger partial charge is 0.347 e. The topological polar surface area (TPSA) is 70.6 Å². The van der Waals surface area contributed by atoms with Gasteiger partial charge in [0.2, 0.25) is 5.91 Å². The molecule has 26 heavy (non-hydrogen) atoms. The van der Waals surface area contributed by atoms with Gasteiger partial charge in [0, 0.05) is 37.6 Å². The first-order valence-electron chi connectivity index (χ1n) is 7.87. The Morgan fingerprint density at radius 1 is 1.23 bits per heavy atom. The van der Waals surface area contributed by atoms with Crippen LogP contribution in [-0.2, 0) is 9.59 Å². The predicted molar refractivity (Wildman–Crippen MR) is 99.0 cm³/mol. The van der Waals surface area contributed by atoms with Crippen molar-refractivity contribution in [2.45, 2.75) is 0 Å². The highest BCUT2D eigenvalue weighted by molar-refractivity contribution is 6.42. The molecular weight excluding hydrogens is 354 g/mol. The highest BCUT2D eigenvalue weighted by atomic mass is 35.5. The molecule has 132 valence electrons. The second-order valence-electron chi connectivity index (χ2n) is 5.98. The van der Waals surface area contributed by atoms with Gasteiger partial charge in [-0.1, -0.05) is 17.7 Å². The lowest BCUT2D eigenvalue weighted by Crippen LogP contribution is -2.38. The van der Waals surface area contributed by atoms with Crippen LogP contribution in [0, 0.1) is 0 Å². The Morgan fingerprint density at radius 3 is 2.65 bits per heavy atom. The van der Waals surface area contributed by atoms with Gasteiger partial charge in [-0.25, -0.2) is 0 Å². The minimum atomic E-state index is -0.430. The van der Waals surface area contributed by atoms with Crippen LogP contribution in [0.3, 0.4) is 0 Å². The third-order valence-electron chi connectivity index (χ3n) is 4.04. The fourth-order valence-corrected chi connectivity index (χ4v) is 2.93. The number of carbonyl (C=O) groups is 3. The maximum Gasteiger partial charge on any atom is 0.259 e. The van der Waals surface area contributed by atoms with Crippen LogP contribution < -0.4 is 4.90 Å². The summed E-state index contributed by atoms with van der Waals surface area (Å²) in [6.07, 6.45) is 4.25. The third-order valence-corrected chi connectivity index (χ3v) is 4.36. The lowest BCUT2D eigenvalue weighted by atomic mass is 10.0. The van der Waals surface area contributed by atoms with E-state index < -0.39 is 5.91 Å². The highest BCUT2D eigenvalue weighted by Gasteiger charge is 2.35. The number of fused-ring (bicyclic) bond motifs is 1. The molecule has 1 aliphatic rings. The number of rotatable bonds is 4. The van der Waals surface area contributed by atoms with Gasteiger partial charge < -0.3 is 4.90 Å². The second kappa shape index (κ2) is 7.09. The van der Waals surface area contributed by atoms with E-state index >= 15 is 0 Å². The van der Waals surface area contributed by atoms with Crippen molar-refractivity contribution in [3.63, 3.8) is 0 Å². The van der Waals surface area contributed by atoms with Gasteiger partial charge in [0.05, 0.1) is 16.3 Å². The maximum absolute atomic E-state index is 12.9. The number of benzene rings is 1. The Morgan fingerprint density at radius 2 is 2.00 bits per heavy atom. The van der Waals surface area contributed by atoms with E-state index in [-0.39, 0.29) is 23.8 Å². The molecule has 0 spiro atoms. The van der Waals surface area contributed by atoms with E-state index in [2.05, 4.69) is 4.98 Å². The molecule has 7 heteroatoms. The lowest BCUT2D eigenvalue weighted by Gasteiger charge is -2.19. The molecular formula is C19H16ClN3O3.